The van der Waals surface area contributed by atoms with Crippen molar-refractivity contribution in [3.05, 3.63) is 0 Å². The van der Waals surface area contributed by atoms with E-state index in [1.54, 1.807) is 0 Å². The average molecular weight is 427 g/mol. The summed E-state index contributed by atoms with van der Waals surface area (Å²) in [7, 11) is 0. The first-order valence-corrected chi connectivity index (χ1v) is 0. The summed E-state index contributed by atoms with van der Waals surface area (Å²) in [5.41, 5.74) is 0. The van der Waals surface area contributed by atoms with Crippen molar-refractivity contribution in [2.24, 2.45) is 0 Å². The third-order valence-electron chi connectivity index (χ3n) is 0. The largest absolute Gasteiger partial charge is 0.412 e. The predicted molar refractivity (Wildman–Crippen MR) is 28.9 cm³/mol. The third kappa shape index (κ3) is 314. The molecule has 0 spiro atoms. The molecule has 0 rings (SSSR count). The van der Waals surface area contributed by atoms with Crippen LogP contribution in [-0.4, -0.2) is 43.8 Å². The molecule has 0 aromatic carbocycles. The maximum absolute atomic E-state index is 0. The fraction of sp³-hybridized carbons (Fsp3) is 0. The summed E-state index contributed by atoms with van der Waals surface area (Å²) in [5.74, 6) is 0. The Balaban J connectivity index is 0. The first-order valence-electron chi connectivity index (χ1n) is 0. The van der Waals surface area contributed by atoms with Crippen LogP contribution in [-0.2, 0) is 68.3 Å². The minimum Gasteiger partial charge on any atom is -0.412 e. The van der Waals surface area contributed by atoms with Gasteiger partial charge in [-0.2, -0.15) is 0 Å². The van der Waals surface area contributed by atoms with Crippen molar-refractivity contribution in [1.29, 1.82) is 0 Å². The Kier molecular flexibility index (Phi) is 16900. The maximum Gasteiger partial charge on any atom is 0 e. The molecule has 0 saturated heterocycles. The Morgan fingerprint density at radius 3 is 0.273 bits per heavy atom. The molecule has 0 unspecified atom stereocenters. The van der Waals surface area contributed by atoms with Gasteiger partial charge in [0.15, 0.2) is 0 Å². The van der Waals surface area contributed by atoms with E-state index in [0.29, 0.717) is 0 Å². The number of hydrogen-bond donors (Lipinski definition) is 0. The summed E-state index contributed by atoms with van der Waals surface area (Å²) < 4.78 is 0. The summed E-state index contributed by atoms with van der Waals surface area (Å²) in [6.45, 7) is 0. The average Bonchev–Trinajstić information content (AvgIpc) is 0. The van der Waals surface area contributed by atoms with Crippen molar-refractivity contribution in [3.63, 3.8) is 0 Å². The molecule has 16 N–H and O–H groups in total. The molecule has 11 heavy (non-hydrogen) atoms. The van der Waals surface area contributed by atoms with Crippen molar-refractivity contribution in [1.82, 2.24) is 0 Å². The third-order valence-corrected chi connectivity index (χ3v) is 0. The molecular weight excluding hydrogens is 411 g/mol. The van der Waals surface area contributed by atoms with Crippen LogP contribution in [0.1, 0.15) is 0 Å². The van der Waals surface area contributed by atoms with Gasteiger partial charge in [0, 0.05) is 68.3 Å². The normalized spacial score (nSPS) is 0. The van der Waals surface area contributed by atoms with E-state index in [9.17, 15) is 0 Å². The van der Waals surface area contributed by atoms with Crippen molar-refractivity contribution < 1.29 is 112 Å². The van der Waals surface area contributed by atoms with E-state index in [1.165, 1.54) is 0 Å². The molecule has 11 heteroatoms. The summed E-state index contributed by atoms with van der Waals surface area (Å²) in [5, 5.41) is 0. The van der Waals surface area contributed by atoms with E-state index < -0.39 is 0 Å². The van der Waals surface area contributed by atoms with Crippen molar-refractivity contribution in [2.75, 3.05) is 0 Å². The van der Waals surface area contributed by atoms with Gasteiger partial charge >= 0.3 is 0 Å². The predicted octanol–water partition coefficient (Wildman–Crippen LogP) is -6.61. The van der Waals surface area contributed by atoms with Crippen LogP contribution in [0.4, 0.5) is 0 Å². The van der Waals surface area contributed by atoms with E-state index in [0.717, 1.165) is 0 Å². The van der Waals surface area contributed by atoms with Gasteiger partial charge in [0.1, 0.15) is 0 Å². The zero-order chi connectivity index (χ0) is 0. The molecule has 0 bridgehead atoms. The number of hydrogen-bond acceptors (Lipinski definition) is 0. The minimum atomic E-state index is 0. The van der Waals surface area contributed by atoms with Crippen LogP contribution in [0.3, 0.4) is 0 Å². The Morgan fingerprint density at radius 1 is 0.273 bits per heavy atom. The van der Waals surface area contributed by atoms with Gasteiger partial charge in [0.2, 0.25) is 0 Å². The molecule has 80 valence electrons. The van der Waals surface area contributed by atoms with Crippen LogP contribution in [0.15, 0.2) is 0 Å². The van der Waals surface area contributed by atoms with Crippen molar-refractivity contribution >= 4 is 0 Å². The second-order valence-electron chi connectivity index (χ2n) is 0. The zero-order valence-electron chi connectivity index (χ0n) is 5.32. The van der Waals surface area contributed by atoms with Gasteiger partial charge in [-0.1, -0.05) is 0 Å². The molecule has 0 aliphatic rings. The molecule has 0 atom stereocenters. The van der Waals surface area contributed by atoms with Crippen molar-refractivity contribution in [3.8, 4) is 0 Å². The van der Waals surface area contributed by atoms with Gasteiger partial charge in [0.05, 0.1) is 0 Å². The van der Waals surface area contributed by atoms with E-state index in [1.807, 2.05) is 0 Å². The number of rotatable bonds is 0. The Bertz CT molecular complexity index is 12.1. The van der Waals surface area contributed by atoms with Gasteiger partial charge in [-0.15, -0.1) is 0 Å². The van der Waals surface area contributed by atoms with Gasteiger partial charge < -0.3 is 43.8 Å². The second kappa shape index (κ2) is 380. The topological polar surface area (TPSA) is 252 Å². The Morgan fingerprint density at radius 2 is 0.273 bits per heavy atom. The smallest absolute Gasteiger partial charge is 0 e. The summed E-state index contributed by atoms with van der Waals surface area (Å²) in [6.07, 6.45) is 0. The first-order chi connectivity index (χ1) is 0. The van der Waals surface area contributed by atoms with Gasteiger partial charge in [-0.3, -0.25) is 0 Å². The van der Waals surface area contributed by atoms with Crippen molar-refractivity contribution in [2.45, 2.75) is 0 Å². The molecule has 0 amide bonds. The molecule has 0 aliphatic heterocycles. The monoisotopic (exact) mass is 430 g/mol. The van der Waals surface area contributed by atoms with E-state index in [4.69, 9.17) is 0 Å². The molecular formula is H16Mo2O8Zr. The molecule has 0 aliphatic carbocycles. The van der Waals surface area contributed by atoms with E-state index in [2.05, 4.69) is 0 Å². The SMILES string of the molecule is O.O.O.O.O.O.O.O.[Mo].[Mo].[Zr]. The minimum absolute atomic E-state index is 0. The molecule has 8 nitrogen and oxygen atoms in total. The van der Waals surface area contributed by atoms with E-state index >= 15 is 0 Å². The summed E-state index contributed by atoms with van der Waals surface area (Å²) in [4.78, 5) is 0. The molecule has 0 aromatic heterocycles. The zero-order valence-corrected chi connectivity index (χ0v) is 11.8. The van der Waals surface area contributed by atoms with E-state index in [-0.39, 0.29) is 112 Å². The maximum atomic E-state index is 0. The Hall–Kier alpha value is 1.94. The Labute approximate surface area is 111 Å². The molecule has 0 fully saturated rings. The van der Waals surface area contributed by atoms with Crippen LogP contribution in [0.2, 0.25) is 0 Å². The summed E-state index contributed by atoms with van der Waals surface area (Å²) in [6, 6.07) is 0. The van der Waals surface area contributed by atoms with Gasteiger partial charge in [-0.25, -0.2) is 0 Å². The molecule has 0 radical (unpaired) electrons. The van der Waals surface area contributed by atoms with Crippen LogP contribution in [0.5, 0.6) is 0 Å². The quantitative estimate of drug-likeness (QED) is 0.327. The van der Waals surface area contributed by atoms with Crippen LogP contribution >= 0.6 is 0 Å². The fourth-order valence-electron chi connectivity index (χ4n) is 0. The van der Waals surface area contributed by atoms with Crippen LogP contribution in [0, 0.1) is 0 Å². The van der Waals surface area contributed by atoms with Crippen LogP contribution < -0.4 is 0 Å². The molecule has 0 saturated carbocycles. The van der Waals surface area contributed by atoms with Gasteiger partial charge in [0.25, 0.3) is 0 Å². The van der Waals surface area contributed by atoms with Gasteiger partial charge in [-0.05, 0) is 0 Å². The second-order valence-corrected chi connectivity index (χ2v) is 0. The standard InChI is InChI=1S/2Mo.8H2O.Zr/h;;8*1H2;. The first kappa shape index (κ1) is 490. The molecule has 0 heterocycles. The van der Waals surface area contributed by atoms with Crippen LogP contribution in [0.25, 0.3) is 0 Å². The molecule has 0 aromatic rings. The fourth-order valence-corrected chi connectivity index (χ4v) is 0. The summed E-state index contributed by atoms with van der Waals surface area (Å²) >= 11 is 0.